The number of rotatable bonds is 21. The van der Waals surface area contributed by atoms with Crippen molar-refractivity contribution in [2.24, 2.45) is 0 Å². The van der Waals surface area contributed by atoms with Crippen LogP contribution in [0.5, 0.6) is 0 Å². The number of likely N-dealkylation sites (N-methyl/N-ethyl adjacent to an activating group) is 1. The molecule has 204 valence electrons. The molecule has 0 aliphatic heterocycles. The fraction of sp³-hybridized carbons (Fsp3) is 0.880. The average Bonchev–Trinajstić information content (AvgIpc) is 2.76. The molecule has 0 saturated carbocycles. The van der Waals surface area contributed by atoms with Crippen LogP contribution in [0.25, 0.3) is 0 Å². The predicted molar refractivity (Wildman–Crippen MR) is 136 cm³/mol. The number of aliphatic hydroxyl groups is 1. The Morgan fingerprint density at radius 3 is 1.82 bits per heavy atom. The maximum Gasteiger partial charge on any atom is 0.305 e. The van der Waals surface area contributed by atoms with Crippen LogP contribution < -0.4 is 0 Å². The average molecular weight is 510 g/mol. The van der Waals surface area contributed by atoms with Crippen molar-refractivity contribution in [2.75, 3.05) is 47.5 Å². The summed E-state index contributed by atoms with van der Waals surface area (Å²) in [6.07, 6.45) is 21.7. The first-order valence-electron chi connectivity index (χ1n) is 12.8. The molecule has 0 aliphatic carbocycles. The highest BCUT2D eigenvalue weighted by atomic mass is 32.3. The summed E-state index contributed by atoms with van der Waals surface area (Å²) >= 11 is 0. The monoisotopic (exact) mass is 509 g/mol. The van der Waals surface area contributed by atoms with Crippen molar-refractivity contribution in [3.8, 4) is 0 Å². The van der Waals surface area contributed by atoms with E-state index in [1.54, 1.807) is 0 Å². The Balaban J connectivity index is 0. The molecule has 0 saturated heterocycles. The summed E-state index contributed by atoms with van der Waals surface area (Å²) in [6, 6.07) is 0. The molecule has 34 heavy (non-hydrogen) atoms. The first-order valence-corrected chi connectivity index (χ1v) is 14.2. The van der Waals surface area contributed by atoms with Gasteiger partial charge in [0.1, 0.15) is 19.7 Å². The molecular weight excluding hydrogens is 458 g/mol. The molecule has 0 bridgehead atoms. The van der Waals surface area contributed by atoms with Gasteiger partial charge < -0.3 is 18.9 Å². The van der Waals surface area contributed by atoms with Gasteiger partial charge in [0.15, 0.2) is 0 Å². The van der Waals surface area contributed by atoms with Gasteiger partial charge in [-0.2, -0.15) is 0 Å². The van der Waals surface area contributed by atoms with Crippen LogP contribution >= 0.6 is 0 Å². The molecule has 0 fully saturated rings. The van der Waals surface area contributed by atoms with Gasteiger partial charge in [0.25, 0.3) is 0 Å². The van der Waals surface area contributed by atoms with Crippen LogP contribution in [0.1, 0.15) is 96.8 Å². The molecule has 0 aromatic rings. The summed E-state index contributed by atoms with van der Waals surface area (Å²) in [5.41, 5.74) is 0. The predicted octanol–water partition coefficient (Wildman–Crippen LogP) is 4.73. The van der Waals surface area contributed by atoms with E-state index in [2.05, 4.69) is 23.3 Å². The van der Waals surface area contributed by atoms with Gasteiger partial charge in [-0.15, -0.1) is 0 Å². The second kappa shape index (κ2) is 23.7. The summed E-state index contributed by atoms with van der Waals surface area (Å²) in [7, 11) is 0.467. The van der Waals surface area contributed by atoms with Crippen LogP contribution in [0.2, 0.25) is 0 Å². The standard InChI is InChI=1S/C24H48NO3.CH4O4S/c1-4-5-6-7-8-9-10-11-12-13-14-15-16-17-18-19-24(27)28-23-21-25(2,3)20-22-26;1-5-6(2,3)4/h11-12,26H,4-10,13-23H2,1-3H3;1H3,(H,2,3,4)/q+1;/p-1/b12-11-;. The molecule has 0 amide bonds. The van der Waals surface area contributed by atoms with E-state index >= 15 is 0 Å². The van der Waals surface area contributed by atoms with Crippen LogP contribution in [-0.4, -0.2) is 76.0 Å². The van der Waals surface area contributed by atoms with Crippen LogP contribution in [0.15, 0.2) is 12.2 Å². The molecule has 0 heterocycles. The van der Waals surface area contributed by atoms with Gasteiger partial charge in [-0.3, -0.25) is 8.98 Å². The van der Waals surface area contributed by atoms with Gasteiger partial charge >= 0.3 is 5.97 Å². The van der Waals surface area contributed by atoms with E-state index < -0.39 is 10.4 Å². The van der Waals surface area contributed by atoms with E-state index in [0.717, 1.165) is 26.5 Å². The molecule has 0 aliphatic rings. The second-order valence-electron chi connectivity index (χ2n) is 9.24. The molecule has 9 heteroatoms. The fourth-order valence-corrected chi connectivity index (χ4v) is 3.20. The van der Waals surface area contributed by atoms with Gasteiger partial charge in [0.2, 0.25) is 10.4 Å². The lowest BCUT2D eigenvalue weighted by Gasteiger charge is -2.28. The maximum absolute atomic E-state index is 11.7. The van der Waals surface area contributed by atoms with Crippen molar-refractivity contribution >= 4 is 16.4 Å². The topological polar surface area (TPSA) is 113 Å². The number of aliphatic hydroxyl groups excluding tert-OH is 1. The normalized spacial score (nSPS) is 11.9. The van der Waals surface area contributed by atoms with Crippen molar-refractivity contribution in [3.05, 3.63) is 12.2 Å². The number of hydrogen-bond donors (Lipinski definition) is 1. The van der Waals surface area contributed by atoms with Gasteiger partial charge in [0, 0.05) is 6.42 Å². The second-order valence-corrected chi connectivity index (χ2v) is 10.4. The third-order valence-corrected chi connectivity index (χ3v) is 5.92. The SMILES string of the molecule is CCCCCCCC/C=C\CCCCCCCC(=O)OCC[N+](C)(C)CCO.COS(=O)(=O)[O-]. The summed E-state index contributed by atoms with van der Waals surface area (Å²) in [5, 5.41) is 8.99. The van der Waals surface area contributed by atoms with Crippen molar-refractivity contribution in [2.45, 2.75) is 96.8 Å². The zero-order chi connectivity index (χ0) is 26.1. The van der Waals surface area contributed by atoms with Crippen LogP contribution in [0, 0.1) is 0 Å². The number of nitrogens with zero attached hydrogens (tertiary/aromatic N) is 1. The van der Waals surface area contributed by atoms with Crippen molar-refractivity contribution in [1.29, 1.82) is 0 Å². The lowest BCUT2D eigenvalue weighted by atomic mass is 10.1. The molecular formula is C25H51NO7S. The van der Waals surface area contributed by atoms with Crippen molar-refractivity contribution < 1.29 is 36.3 Å². The van der Waals surface area contributed by atoms with E-state index in [1.165, 1.54) is 70.6 Å². The smallest absolute Gasteiger partial charge is 0.305 e. The Morgan fingerprint density at radius 1 is 0.882 bits per heavy atom. The van der Waals surface area contributed by atoms with E-state index in [-0.39, 0.29) is 12.6 Å². The molecule has 0 rings (SSSR count). The molecule has 0 unspecified atom stereocenters. The highest BCUT2D eigenvalue weighted by molar-refractivity contribution is 7.80. The minimum Gasteiger partial charge on any atom is -0.726 e. The van der Waals surface area contributed by atoms with Gasteiger partial charge in [-0.25, -0.2) is 8.42 Å². The molecule has 8 nitrogen and oxygen atoms in total. The highest BCUT2D eigenvalue weighted by Gasteiger charge is 2.14. The van der Waals surface area contributed by atoms with E-state index in [1.807, 2.05) is 14.1 Å². The molecule has 0 spiro atoms. The van der Waals surface area contributed by atoms with E-state index in [0.29, 0.717) is 24.1 Å². The molecule has 1 N–H and O–H groups in total. The lowest BCUT2D eigenvalue weighted by Crippen LogP contribution is -2.44. The zero-order valence-corrected chi connectivity index (χ0v) is 23.0. The third kappa shape index (κ3) is 31.0. The third-order valence-electron chi connectivity index (χ3n) is 5.51. The summed E-state index contributed by atoms with van der Waals surface area (Å²) in [5.74, 6) is -0.0818. The molecule has 0 atom stereocenters. The molecule has 0 aromatic carbocycles. The zero-order valence-electron chi connectivity index (χ0n) is 22.1. The number of carbonyl (C=O) groups excluding carboxylic acids is 1. The quantitative estimate of drug-likeness (QED) is 0.0594. The number of quaternary nitrogens is 1. The Hall–Kier alpha value is -1.00. The Kier molecular flexibility index (Phi) is 24.5. The van der Waals surface area contributed by atoms with Gasteiger partial charge in [-0.1, -0.05) is 70.4 Å². The largest absolute Gasteiger partial charge is 0.726 e. The fourth-order valence-electron chi connectivity index (χ4n) is 3.20. The molecule has 0 radical (unpaired) electrons. The van der Waals surface area contributed by atoms with Gasteiger partial charge in [0.05, 0.1) is 27.8 Å². The van der Waals surface area contributed by atoms with Crippen LogP contribution in [0.4, 0.5) is 0 Å². The Bertz CT molecular complexity index is 592. The maximum atomic E-state index is 11.7. The number of unbranched alkanes of at least 4 members (excludes halogenated alkanes) is 11. The first kappa shape index (κ1) is 35.2. The highest BCUT2D eigenvalue weighted by Crippen LogP contribution is 2.10. The minimum absolute atomic E-state index is 0.0818. The number of carbonyl (C=O) groups is 1. The lowest BCUT2D eigenvalue weighted by molar-refractivity contribution is -0.890. The summed E-state index contributed by atoms with van der Waals surface area (Å²) in [4.78, 5) is 11.7. The summed E-state index contributed by atoms with van der Waals surface area (Å²) < 4.78 is 37.0. The number of esters is 1. The number of allylic oxidation sites excluding steroid dienone is 2. The number of ether oxygens (including phenoxy) is 1. The van der Waals surface area contributed by atoms with E-state index in [9.17, 15) is 17.8 Å². The van der Waals surface area contributed by atoms with Crippen LogP contribution in [-0.2, 0) is 24.1 Å². The molecule has 0 aromatic heterocycles. The number of hydrogen-bond acceptors (Lipinski definition) is 7. The van der Waals surface area contributed by atoms with E-state index in [4.69, 9.17) is 9.84 Å². The van der Waals surface area contributed by atoms with Crippen molar-refractivity contribution in [3.63, 3.8) is 0 Å². The minimum atomic E-state index is -4.41. The summed E-state index contributed by atoms with van der Waals surface area (Å²) in [6.45, 7) is 4.30. The Morgan fingerprint density at radius 2 is 1.35 bits per heavy atom. The Labute approximate surface area is 209 Å². The van der Waals surface area contributed by atoms with Gasteiger partial charge in [-0.05, 0) is 32.1 Å². The van der Waals surface area contributed by atoms with Crippen molar-refractivity contribution in [1.82, 2.24) is 0 Å². The van der Waals surface area contributed by atoms with Crippen LogP contribution in [0.3, 0.4) is 0 Å². The first-order chi connectivity index (χ1) is 16.1.